The molecule has 100 valence electrons. The van der Waals surface area contributed by atoms with E-state index in [4.69, 9.17) is 4.74 Å². The van der Waals surface area contributed by atoms with Crippen molar-refractivity contribution in [1.29, 1.82) is 0 Å². The summed E-state index contributed by atoms with van der Waals surface area (Å²) in [6, 6.07) is 7.01. The Morgan fingerprint density at radius 1 is 1.28 bits per heavy atom. The van der Waals surface area contributed by atoms with E-state index in [0.717, 1.165) is 18.7 Å². The van der Waals surface area contributed by atoms with Crippen LogP contribution in [0.15, 0.2) is 18.2 Å². The van der Waals surface area contributed by atoms with Gasteiger partial charge in [0.25, 0.3) is 0 Å². The monoisotopic (exact) mass is 247 g/mol. The summed E-state index contributed by atoms with van der Waals surface area (Å²) in [6.07, 6.45) is 1.01. The van der Waals surface area contributed by atoms with Crippen LogP contribution in [0.5, 0.6) is 5.75 Å². The molecule has 2 rings (SSSR count). The zero-order valence-corrected chi connectivity index (χ0v) is 12.2. The van der Waals surface area contributed by atoms with Crippen LogP contribution >= 0.6 is 0 Å². The highest BCUT2D eigenvalue weighted by molar-refractivity contribution is 5.45. The fourth-order valence-corrected chi connectivity index (χ4v) is 2.33. The maximum atomic E-state index is 6.08. The topological polar surface area (TPSA) is 21.3 Å². The summed E-state index contributed by atoms with van der Waals surface area (Å²) in [5.41, 5.74) is 2.57. The minimum atomic E-state index is -0.0535. The van der Waals surface area contributed by atoms with E-state index in [0.29, 0.717) is 12.0 Å². The molecule has 1 heterocycles. The van der Waals surface area contributed by atoms with Gasteiger partial charge in [-0.05, 0) is 32.3 Å². The molecule has 0 spiro atoms. The van der Waals surface area contributed by atoms with Gasteiger partial charge in [0, 0.05) is 24.6 Å². The van der Waals surface area contributed by atoms with Gasteiger partial charge in [-0.25, -0.2) is 0 Å². The predicted molar refractivity (Wildman–Crippen MR) is 76.0 cm³/mol. The average molecular weight is 247 g/mol. The third kappa shape index (κ3) is 2.86. The molecule has 1 N–H and O–H groups in total. The number of nitrogens with one attached hydrogen (secondary N) is 1. The van der Waals surface area contributed by atoms with Gasteiger partial charge in [-0.1, -0.05) is 32.0 Å². The van der Waals surface area contributed by atoms with Crippen LogP contribution in [-0.4, -0.2) is 11.6 Å². The molecular formula is C16H25NO. The molecule has 0 saturated carbocycles. The van der Waals surface area contributed by atoms with Crippen molar-refractivity contribution in [2.24, 2.45) is 5.92 Å². The van der Waals surface area contributed by atoms with Crippen molar-refractivity contribution in [3.05, 3.63) is 29.3 Å². The second-order valence-electron chi connectivity index (χ2n) is 6.36. The van der Waals surface area contributed by atoms with Gasteiger partial charge in [-0.3, -0.25) is 0 Å². The third-order valence-corrected chi connectivity index (χ3v) is 3.79. The lowest BCUT2D eigenvalue weighted by Crippen LogP contribution is -2.30. The summed E-state index contributed by atoms with van der Waals surface area (Å²) in [7, 11) is 0. The Kier molecular flexibility index (Phi) is 3.67. The molecule has 2 nitrogen and oxygen atoms in total. The smallest absolute Gasteiger partial charge is 0.127 e. The summed E-state index contributed by atoms with van der Waals surface area (Å²) >= 11 is 0. The molecule has 1 aliphatic heterocycles. The summed E-state index contributed by atoms with van der Waals surface area (Å²) in [5.74, 6) is 1.75. The quantitative estimate of drug-likeness (QED) is 0.878. The van der Waals surface area contributed by atoms with Crippen LogP contribution in [-0.2, 0) is 13.0 Å². The Balaban J connectivity index is 2.10. The Morgan fingerprint density at radius 3 is 2.67 bits per heavy atom. The van der Waals surface area contributed by atoms with Crippen molar-refractivity contribution in [3.63, 3.8) is 0 Å². The fraction of sp³-hybridized carbons (Fsp3) is 0.625. The Morgan fingerprint density at radius 2 is 2.00 bits per heavy atom. The lowest BCUT2D eigenvalue weighted by atomic mass is 10.0. The number of hydrogen-bond acceptors (Lipinski definition) is 2. The third-order valence-electron chi connectivity index (χ3n) is 3.79. The number of ether oxygens (including phenoxy) is 1. The van der Waals surface area contributed by atoms with Crippen LogP contribution in [0.3, 0.4) is 0 Å². The highest BCUT2D eigenvalue weighted by atomic mass is 16.5. The minimum Gasteiger partial charge on any atom is -0.487 e. The zero-order valence-electron chi connectivity index (χ0n) is 12.2. The summed E-state index contributed by atoms with van der Waals surface area (Å²) < 4.78 is 6.08. The van der Waals surface area contributed by atoms with Crippen molar-refractivity contribution in [3.8, 4) is 5.75 Å². The Bertz CT molecular complexity index is 423. The van der Waals surface area contributed by atoms with E-state index >= 15 is 0 Å². The van der Waals surface area contributed by atoms with E-state index < -0.39 is 0 Å². The van der Waals surface area contributed by atoms with Crippen LogP contribution in [0, 0.1) is 5.92 Å². The van der Waals surface area contributed by atoms with Gasteiger partial charge >= 0.3 is 0 Å². The van der Waals surface area contributed by atoms with E-state index in [1.807, 2.05) is 0 Å². The van der Waals surface area contributed by atoms with Crippen LogP contribution in [0.1, 0.15) is 45.7 Å². The Hall–Kier alpha value is -1.02. The van der Waals surface area contributed by atoms with Crippen molar-refractivity contribution >= 4 is 0 Å². The molecule has 0 aromatic heterocycles. The maximum absolute atomic E-state index is 6.08. The second-order valence-corrected chi connectivity index (χ2v) is 6.36. The van der Waals surface area contributed by atoms with Crippen molar-refractivity contribution in [2.45, 2.75) is 59.2 Å². The highest BCUT2D eigenvalue weighted by Gasteiger charge is 2.31. The van der Waals surface area contributed by atoms with Crippen LogP contribution < -0.4 is 10.1 Å². The van der Waals surface area contributed by atoms with Crippen molar-refractivity contribution in [1.82, 2.24) is 5.32 Å². The molecule has 1 aromatic carbocycles. The first-order valence-electron chi connectivity index (χ1n) is 6.92. The van der Waals surface area contributed by atoms with Gasteiger partial charge in [-0.15, -0.1) is 0 Å². The first-order valence-corrected chi connectivity index (χ1v) is 6.92. The molecule has 2 heteroatoms. The van der Waals surface area contributed by atoms with Crippen LogP contribution in [0.25, 0.3) is 0 Å². The standard InChI is InChI=1S/C16H25NO/c1-11(2)12(3)17-10-14-8-6-7-13-9-16(4,5)18-15(13)14/h6-8,11-12,17H,9-10H2,1-5H3. The fourth-order valence-electron chi connectivity index (χ4n) is 2.33. The van der Waals surface area contributed by atoms with E-state index in [1.165, 1.54) is 11.1 Å². The second kappa shape index (κ2) is 4.93. The summed E-state index contributed by atoms with van der Waals surface area (Å²) in [4.78, 5) is 0. The number of para-hydroxylation sites is 1. The molecule has 0 aliphatic carbocycles. The van der Waals surface area contributed by atoms with E-state index in [1.54, 1.807) is 0 Å². The molecule has 0 bridgehead atoms. The molecular weight excluding hydrogens is 222 g/mol. The first kappa shape index (κ1) is 13.4. The van der Waals surface area contributed by atoms with E-state index in [9.17, 15) is 0 Å². The molecule has 1 atom stereocenters. The van der Waals surface area contributed by atoms with Crippen LogP contribution in [0.4, 0.5) is 0 Å². The molecule has 18 heavy (non-hydrogen) atoms. The summed E-state index contributed by atoms with van der Waals surface area (Å²) in [5, 5.41) is 3.58. The number of fused-ring (bicyclic) bond motifs is 1. The van der Waals surface area contributed by atoms with Gasteiger partial charge < -0.3 is 10.1 Å². The minimum absolute atomic E-state index is 0.0535. The van der Waals surface area contributed by atoms with E-state index in [2.05, 4.69) is 58.1 Å². The molecule has 0 radical (unpaired) electrons. The number of benzene rings is 1. The van der Waals surface area contributed by atoms with E-state index in [-0.39, 0.29) is 5.60 Å². The maximum Gasteiger partial charge on any atom is 0.127 e. The number of rotatable bonds is 4. The van der Waals surface area contributed by atoms with Crippen molar-refractivity contribution < 1.29 is 4.74 Å². The lowest BCUT2D eigenvalue weighted by molar-refractivity contribution is 0.137. The van der Waals surface area contributed by atoms with Crippen molar-refractivity contribution in [2.75, 3.05) is 0 Å². The molecule has 0 amide bonds. The SMILES string of the molecule is CC(C)C(C)NCc1cccc2c1OC(C)(C)C2. The zero-order chi connectivity index (χ0) is 13.3. The predicted octanol–water partition coefficient (Wildman–Crippen LogP) is 3.53. The van der Waals surface area contributed by atoms with Gasteiger partial charge in [-0.2, -0.15) is 0 Å². The number of hydrogen-bond donors (Lipinski definition) is 1. The van der Waals surface area contributed by atoms with Gasteiger partial charge in [0.1, 0.15) is 11.4 Å². The molecule has 1 unspecified atom stereocenters. The van der Waals surface area contributed by atoms with Gasteiger partial charge in [0.05, 0.1) is 0 Å². The van der Waals surface area contributed by atoms with Gasteiger partial charge in [0.2, 0.25) is 0 Å². The van der Waals surface area contributed by atoms with Crippen LogP contribution in [0.2, 0.25) is 0 Å². The average Bonchev–Trinajstić information content (AvgIpc) is 2.59. The highest BCUT2D eigenvalue weighted by Crippen LogP contribution is 2.37. The largest absolute Gasteiger partial charge is 0.487 e. The molecule has 0 saturated heterocycles. The Labute approximate surface area is 111 Å². The van der Waals surface area contributed by atoms with Gasteiger partial charge in [0.15, 0.2) is 0 Å². The summed E-state index contributed by atoms with van der Waals surface area (Å²) in [6.45, 7) is 11.9. The molecule has 0 fully saturated rings. The normalized spacial score (nSPS) is 18.6. The molecule has 1 aromatic rings. The first-order chi connectivity index (χ1) is 8.39. The lowest BCUT2D eigenvalue weighted by Gasteiger charge is -2.20. The molecule has 1 aliphatic rings.